The van der Waals surface area contributed by atoms with Crippen molar-refractivity contribution in [3.8, 4) is 0 Å². The molecule has 16 heavy (non-hydrogen) atoms. The summed E-state index contributed by atoms with van der Waals surface area (Å²) in [6.07, 6.45) is 2.18. The molecular formula is C12H27N3S. The minimum atomic E-state index is 0.363. The lowest BCUT2D eigenvalue weighted by Gasteiger charge is -2.32. The molecule has 0 aromatic rings. The Morgan fingerprint density at radius 1 is 1.19 bits per heavy atom. The van der Waals surface area contributed by atoms with E-state index in [-0.39, 0.29) is 0 Å². The molecule has 0 radical (unpaired) electrons. The topological polar surface area (TPSA) is 18.5 Å². The monoisotopic (exact) mass is 245 g/mol. The van der Waals surface area contributed by atoms with Crippen LogP contribution in [0.4, 0.5) is 0 Å². The van der Waals surface area contributed by atoms with Crippen molar-refractivity contribution in [2.45, 2.75) is 18.6 Å². The third kappa shape index (κ3) is 5.53. The number of nitrogens with zero attached hydrogens (tertiary/aromatic N) is 2. The summed E-state index contributed by atoms with van der Waals surface area (Å²) in [4.78, 5) is 4.96. The highest BCUT2D eigenvalue weighted by Gasteiger charge is 2.16. The van der Waals surface area contributed by atoms with Crippen molar-refractivity contribution in [3.05, 3.63) is 0 Å². The normalized spacial score (nSPS) is 20.2. The summed E-state index contributed by atoms with van der Waals surface area (Å²) >= 11 is 1.93. The molecule has 0 amide bonds. The van der Waals surface area contributed by atoms with Gasteiger partial charge in [0, 0.05) is 50.6 Å². The lowest BCUT2D eigenvalue weighted by Crippen LogP contribution is -2.47. The fourth-order valence-corrected chi connectivity index (χ4v) is 2.02. The zero-order valence-corrected chi connectivity index (χ0v) is 12.1. The van der Waals surface area contributed by atoms with Crippen LogP contribution in [-0.4, -0.2) is 73.7 Å². The van der Waals surface area contributed by atoms with Crippen molar-refractivity contribution in [1.29, 1.82) is 0 Å². The maximum atomic E-state index is 3.56. The molecule has 1 N–H and O–H groups in total. The van der Waals surface area contributed by atoms with E-state index >= 15 is 0 Å². The summed E-state index contributed by atoms with van der Waals surface area (Å²) in [5.41, 5.74) is 0. The summed E-state index contributed by atoms with van der Waals surface area (Å²) in [6.45, 7) is 12.9. The van der Waals surface area contributed by atoms with E-state index in [2.05, 4.69) is 42.3 Å². The summed E-state index contributed by atoms with van der Waals surface area (Å²) in [7, 11) is 2.20. The summed E-state index contributed by atoms with van der Waals surface area (Å²) in [5, 5.41) is 3.56. The smallest absolute Gasteiger partial charge is 0.0225 e. The third-order valence-corrected chi connectivity index (χ3v) is 4.55. The van der Waals surface area contributed by atoms with Crippen LogP contribution in [0.1, 0.15) is 13.8 Å². The van der Waals surface area contributed by atoms with Gasteiger partial charge in [-0.15, -0.1) is 0 Å². The Hall–Kier alpha value is 0.230. The van der Waals surface area contributed by atoms with Crippen molar-refractivity contribution < 1.29 is 0 Å². The van der Waals surface area contributed by atoms with Crippen molar-refractivity contribution in [3.63, 3.8) is 0 Å². The zero-order chi connectivity index (χ0) is 12.0. The molecular weight excluding hydrogens is 218 g/mol. The van der Waals surface area contributed by atoms with Crippen LogP contribution in [0.25, 0.3) is 0 Å². The fourth-order valence-electron chi connectivity index (χ4n) is 1.77. The molecule has 4 heteroatoms. The Morgan fingerprint density at radius 2 is 1.81 bits per heavy atom. The van der Waals surface area contributed by atoms with Gasteiger partial charge in [0.25, 0.3) is 0 Å². The Kier molecular flexibility index (Phi) is 6.11. The fraction of sp³-hybridized carbons (Fsp3) is 1.00. The highest BCUT2D eigenvalue weighted by molar-refractivity contribution is 7.99. The van der Waals surface area contributed by atoms with Gasteiger partial charge < -0.3 is 10.2 Å². The predicted octanol–water partition coefficient (Wildman–Crippen LogP) is 0.965. The van der Waals surface area contributed by atoms with Crippen molar-refractivity contribution in [2.75, 3.05) is 59.1 Å². The number of piperazine rings is 1. The van der Waals surface area contributed by atoms with Crippen LogP contribution in [0.3, 0.4) is 0 Å². The largest absolute Gasteiger partial charge is 0.314 e. The van der Waals surface area contributed by atoms with E-state index in [0.29, 0.717) is 4.75 Å². The van der Waals surface area contributed by atoms with Crippen molar-refractivity contribution >= 4 is 11.8 Å². The van der Waals surface area contributed by atoms with Crippen LogP contribution in [0.2, 0.25) is 0 Å². The lowest BCUT2D eigenvalue weighted by atomic mass is 10.2. The zero-order valence-electron chi connectivity index (χ0n) is 11.3. The van der Waals surface area contributed by atoms with Gasteiger partial charge in [-0.3, -0.25) is 4.90 Å². The Labute approximate surface area is 105 Å². The molecule has 1 rings (SSSR count). The van der Waals surface area contributed by atoms with Gasteiger partial charge in [0.2, 0.25) is 0 Å². The Bertz CT molecular complexity index is 189. The molecule has 0 atom stereocenters. The Morgan fingerprint density at radius 3 is 2.38 bits per heavy atom. The molecule has 0 spiro atoms. The second-order valence-corrected chi connectivity index (χ2v) is 6.80. The number of hydrogen-bond acceptors (Lipinski definition) is 4. The van der Waals surface area contributed by atoms with Gasteiger partial charge in [-0.25, -0.2) is 0 Å². The maximum absolute atomic E-state index is 3.56. The average Bonchev–Trinajstić information content (AvgIpc) is 2.27. The quantitative estimate of drug-likeness (QED) is 0.703. The van der Waals surface area contributed by atoms with Crippen LogP contribution in [-0.2, 0) is 0 Å². The number of nitrogens with one attached hydrogen (secondary N) is 1. The van der Waals surface area contributed by atoms with E-state index in [1.54, 1.807) is 0 Å². The molecule has 1 aliphatic rings. The summed E-state index contributed by atoms with van der Waals surface area (Å²) in [5.74, 6) is 0. The molecule has 0 aromatic carbocycles. The number of thioether (sulfide) groups is 1. The molecule has 3 nitrogen and oxygen atoms in total. The maximum Gasteiger partial charge on any atom is 0.0225 e. The highest BCUT2D eigenvalue weighted by atomic mass is 32.2. The number of rotatable bonds is 6. The first-order valence-electron chi connectivity index (χ1n) is 6.20. The van der Waals surface area contributed by atoms with E-state index in [1.165, 1.54) is 32.7 Å². The van der Waals surface area contributed by atoms with Gasteiger partial charge in [-0.2, -0.15) is 11.8 Å². The molecule has 96 valence electrons. The van der Waals surface area contributed by atoms with E-state index in [9.17, 15) is 0 Å². The first-order chi connectivity index (χ1) is 7.53. The van der Waals surface area contributed by atoms with Crippen LogP contribution >= 0.6 is 11.8 Å². The van der Waals surface area contributed by atoms with Crippen LogP contribution in [0.15, 0.2) is 0 Å². The van der Waals surface area contributed by atoms with Gasteiger partial charge in [0.15, 0.2) is 0 Å². The van der Waals surface area contributed by atoms with E-state index in [1.807, 2.05) is 11.8 Å². The van der Waals surface area contributed by atoms with Crippen molar-refractivity contribution in [1.82, 2.24) is 15.1 Å². The SMILES string of the molecule is CSC(C)(C)CNCCN1CCN(C)CC1. The summed E-state index contributed by atoms with van der Waals surface area (Å²) < 4.78 is 0.363. The Balaban J connectivity index is 2.03. The molecule has 0 unspecified atom stereocenters. The molecule has 0 aromatic heterocycles. The standard InChI is InChI=1S/C12H27N3S/c1-12(2,16-4)11-13-5-6-15-9-7-14(3)8-10-15/h13H,5-11H2,1-4H3. The number of likely N-dealkylation sites (N-methyl/N-ethyl adjacent to an activating group) is 1. The van der Waals surface area contributed by atoms with Crippen LogP contribution in [0.5, 0.6) is 0 Å². The van der Waals surface area contributed by atoms with Crippen LogP contribution < -0.4 is 5.32 Å². The van der Waals surface area contributed by atoms with Gasteiger partial charge >= 0.3 is 0 Å². The molecule has 1 fully saturated rings. The second-order valence-electron chi connectivity index (χ2n) is 5.29. The van der Waals surface area contributed by atoms with Crippen molar-refractivity contribution in [2.24, 2.45) is 0 Å². The van der Waals surface area contributed by atoms with E-state index in [0.717, 1.165) is 13.1 Å². The number of hydrogen-bond donors (Lipinski definition) is 1. The molecule has 0 aliphatic carbocycles. The molecule has 1 saturated heterocycles. The van der Waals surface area contributed by atoms with E-state index < -0.39 is 0 Å². The average molecular weight is 245 g/mol. The molecule has 0 saturated carbocycles. The molecule has 1 heterocycles. The lowest BCUT2D eigenvalue weighted by molar-refractivity contribution is 0.154. The second kappa shape index (κ2) is 6.84. The third-order valence-electron chi connectivity index (χ3n) is 3.30. The van der Waals surface area contributed by atoms with Gasteiger partial charge in [0.05, 0.1) is 0 Å². The predicted molar refractivity (Wildman–Crippen MR) is 74.4 cm³/mol. The molecule has 1 aliphatic heterocycles. The van der Waals surface area contributed by atoms with E-state index in [4.69, 9.17) is 0 Å². The van der Waals surface area contributed by atoms with Gasteiger partial charge in [-0.1, -0.05) is 0 Å². The first kappa shape index (κ1) is 14.3. The minimum absolute atomic E-state index is 0.363. The van der Waals surface area contributed by atoms with Gasteiger partial charge in [0.1, 0.15) is 0 Å². The summed E-state index contributed by atoms with van der Waals surface area (Å²) in [6, 6.07) is 0. The van der Waals surface area contributed by atoms with Crippen LogP contribution in [0, 0.1) is 0 Å². The first-order valence-corrected chi connectivity index (χ1v) is 7.43. The molecule has 0 bridgehead atoms. The van der Waals surface area contributed by atoms with Gasteiger partial charge in [-0.05, 0) is 27.2 Å². The minimum Gasteiger partial charge on any atom is -0.314 e. The highest BCUT2D eigenvalue weighted by Crippen LogP contribution is 2.19.